The molecule has 29 heavy (non-hydrogen) atoms. The second-order valence-corrected chi connectivity index (χ2v) is 10.9. The van der Waals surface area contributed by atoms with Gasteiger partial charge in [-0.25, -0.2) is 0 Å². The number of para-hydroxylation sites is 1. The fourth-order valence-electron chi connectivity index (χ4n) is 3.88. The van der Waals surface area contributed by atoms with Crippen LogP contribution in [0.1, 0.15) is 25.2 Å². The molecule has 138 valence electrons. The van der Waals surface area contributed by atoms with Crippen LogP contribution in [0.5, 0.6) is 0 Å². The van der Waals surface area contributed by atoms with Crippen LogP contribution in [0.25, 0.3) is 32.3 Å². The van der Waals surface area contributed by atoms with Crippen molar-refractivity contribution in [3.63, 3.8) is 0 Å². The Kier molecular flexibility index (Phi) is 3.80. The van der Waals surface area contributed by atoms with Crippen molar-refractivity contribution in [3.8, 4) is 4.56 Å². The molecule has 1 aliphatic rings. The van der Waals surface area contributed by atoms with E-state index in [1.807, 2.05) is 36.4 Å². The summed E-state index contributed by atoms with van der Waals surface area (Å²) in [4.78, 5) is 30.2. The van der Waals surface area contributed by atoms with E-state index in [1.165, 1.54) is 15.5 Å². The van der Waals surface area contributed by atoms with E-state index in [0.717, 1.165) is 15.2 Å². The van der Waals surface area contributed by atoms with Crippen molar-refractivity contribution in [2.75, 3.05) is 0 Å². The number of carbonyl (C=O) groups is 2. The quantitative estimate of drug-likeness (QED) is 0.203. The molecule has 0 amide bonds. The van der Waals surface area contributed by atoms with Crippen molar-refractivity contribution in [1.29, 1.82) is 0 Å². The first-order chi connectivity index (χ1) is 14.2. The minimum absolute atomic E-state index is 0.0377. The third kappa shape index (κ3) is 2.63. The van der Waals surface area contributed by atoms with Gasteiger partial charge in [-0.3, -0.25) is 0 Å². The van der Waals surface area contributed by atoms with Crippen molar-refractivity contribution in [3.05, 3.63) is 91.8 Å². The van der Waals surface area contributed by atoms with Crippen molar-refractivity contribution < 1.29 is 9.59 Å². The molecule has 0 aliphatic heterocycles. The first-order valence-corrected chi connectivity index (χ1v) is 12.9. The predicted molar refractivity (Wildman–Crippen MR) is 118 cm³/mol. The van der Waals surface area contributed by atoms with E-state index in [-0.39, 0.29) is 26.1 Å². The van der Waals surface area contributed by atoms with Gasteiger partial charge in [0.25, 0.3) is 0 Å². The maximum atomic E-state index is 12.9. The van der Waals surface area contributed by atoms with Crippen molar-refractivity contribution in [1.82, 2.24) is 4.57 Å². The molecule has 0 fully saturated rings. The zero-order valence-electron chi connectivity index (χ0n) is 15.1. The van der Waals surface area contributed by atoms with Crippen LogP contribution in [0.15, 0.2) is 76.2 Å². The van der Waals surface area contributed by atoms with Gasteiger partial charge in [-0.2, -0.15) is 0 Å². The number of Topliss-reactive ketones (excluding diaryl/α,β-unsaturated/α-hetero) is 2. The number of benzene rings is 2. The molecule has 0 radical (unpaired) electrons. The molecule has 0 atom stereocenters. The van der Waals surface area contributed by atoms with Gasteiger partial charge in [0.05, 0.1) is 0 Å². The Hall–Kier alpha value is -2.68. The molecule has 0 unspecified atom stereocenters. The molecule has 0 spiro atoms. The van der Waals surface area contributed by atoms with E-state index >= 15 is 0 Å². The standard InChI is InChI=1S/C24H13NO2Se2/c26-23-18-9-15-12-28-13-16(15)10-19(18)24(27)20(23)11-17-5-6-22(29-17)25-8-7-14-3-1-2-4-21(14)25/h1-13H. The van der Waals surface area contributed by atoms with Crippen molar-refractivity contribution >= 4 is 68.3 Å². The number of nitrogens with zero attached hydrogens (tertiary/aromatic N) is 1. The summed E-state index contributed by atoms with van der Waals surface area (Å²) < 4.78 is 4.44. The van der Waals surface area contributed by atoms with Gasteiger partial charge in [0, 0.05) is 0 Å². The van der Waals surface area contributed by atoms with Crippen LogP contribution >= 0.6 is 0 Å². The predicted octanol–water partition coefficient (Wildman–Crippen LogP) is 4.36. The molecular formula is C24H13NO2Se2. The maximum absolute atomic E-state index is 12.9. The zero-order valence-corrected chi connectivity index (χ0v) is 18.5. The summed E-state index contributed by atoms with van der Waals surface area (Å²) in [6.07, 6.45) is 3.89. The summed E-state index contributed by atoms with van der Waals surface area (Å²) in [6.45, 7) is 0. The molecule has 3 nitrogen and oxygen atoms in total. The van der Waals surface area contributed by atoms with Gasteiger partial charge in [-0.05, 0) is 0 Å². The van der Waals surface area contributed by atoms with Gasteiger partial charge >= 0.3 is 179 Å². The zero-order chi connectivity index (χ0) is 19.5. The van der Waals surface area contributed by atoms with E-state index in [2.05, 4.69) is 44.9 Å². The molecule has 1 aliphatic carbocycles. The van der Waals surface area contributed by atoms with E-state index in [4.69, 9.17) is 0 Å². The van der Waals surface area contributed by atoms with Gasteiger partial charge in [-0.15, -0.1) is 0 Å². The number of fused-ring (bicyclic) bond motifs is 3. The van der Waals surface area contributed by atoms with Crippen molar-refractivity contribution in [2.45, 2.75) is 0 Å². The molecule has 0 N–H and O–H groups in total. The van der Waals surface area contributed by atoms with Gasteiger partial charge in [0.1, 0.15) is 0 Å². The Morgan fingerprint density at radius 2 is 1.52 bits per heavy atom. The Morgan fingerprint density at radius 3 is 2.28 bits per heavy atom. The second kappa shape index (κ2) is 6.41. The first kappa shape index (κ1) is 17.2. The summed E-state index contributed by atoms with van der Waals surface area (Å²) in [6, 6.07) is 18.3. The van der Waals surface area contributed by atoms with Crippen LogP contribution in [-0.2, 0) is 0 Å². The summed E-state index contributed by atoms with van der Waals surface area (Å²) in [5.74, 6) is -0.283. The summed E-state index contributed by atoms with van der Waals surface area (Å²) in [7, 11) is 0. The van der Waals surface area contributed by atoms with Gasteiger partial charge in [0.15, 0.2) is 0 Å². The fourth-order valence-corrected chi connectivity index (χ4v) is 7.49. The molecule has 3 aromatic heterocycles. The van der Waals surface area contributed by atoms with E-state index < -0.39 is 0 Å². The summed E-state index contributed by atoms with van der Waals surface area (Å²) >= 11 is 0.361. The second-order valence-electron chi connectivity index (χ2n) is 7.04. The Labute approximate surface area is 178 Å². The number of hydrogen-bond acceptors (Lipinski definition) is 2. The number of carbonyl (C=O) groups excluding carboxylic acids is 2. The van der Waals surface area contributed by atoms with Crippen molar-refractivity contribution in [2.24, 2.45) is 0 Å². The van der Waals surface area contributed by atoms with E-state index in [0.29, 0.717) is 31.2 Å². The molecule has 5 heteroatoms. The van der Waals surface area contributed by atoms with Gasteiger partial charge in [0.2, 0.25) is 0 Å². The summed E-state index contributed by atoms with van der Waals surface area (Å²) in [5.41, 5.74) is 2.58. The Balaban J connectivity index is 1.41. The SMILES string of the molecule is O=C1C(=Cc2ccc(-n3ccc4ccccc43)[se]2)C(=O)c2cc3c[se]cc3cc21. The summed E-state index contributed by atoms with van der Waals surface area (Å²) in [5, 5.41) is 3.37. The fraction of sp³-hybridized carbons (Fsp3) is 0. The van der Waals surface area contributed by atoms with Gasteiger partial charge < -0.3 is 0 Å². The number of ketones is 2. The number of rotatable bonds is 2. The van der Waals surface area contributed by atoms with Crippen LogP contribution < -0.4 is 0 Å². The molecule has 0 saturated carbocycles. The third-order valence-electron chi connectivity index (χ3n) is 5.33. The topological polar surface area (TPSA) is 39.1 Å². The van der Waals surface area contributed by atoms with Crippen LogP contribution in [0.3, 0.4) is 0 Å². The van der Waals surface area contributed by atoms with Gasteiger partial charge in [-0.1, -0.05) is 0 Å². The Bertz CT molecular complexity index is 1440. The molecular weight excluding hydrogens is 492 g/mol. The molecule has 0 bridgehead atoms. The van der Waals surface area contributed by atoms with E-state index in [1.54, 1.807) is 0 Å². The van der Waals surface area contributed by atoms with Crippen LogP contribution in [-0.4, -0.2) is 45.1 Å². The molecule has 6 rings (SSSR count). The monoisotopic (exact) mass is 507 g/mol. The van der Waals surface area contributed by atoms with Crippen LogP contribution in [0.2, 0.25) is 0 Å². The number of allylic oxidation sites excluding steroid dienone is 1. The minimum atomic E-state index is -0.142. The normalized spacial score (nSPS) is 13.6. The average molecular weight is 505 g/mol. The average Bonchev–Trinajstić information content (AvgIpc) is 3.50. The van der Waals surface area contributed by atoms with Crippen LogP contribution in [0.4, 0.5) is 0 Å². The molecule has 3 heterocycles. The molecule has 0 saturated heterocycles. The molecule has 2 aromatic carbocycles. The first-order valence-electron chi connectivity index (χ1n) is 9.16. The van der Waals surface area contributed by atoms with E-state index in [9.17, 15) is 9.59 Å². The number of aromatic nitrogens is 1. The third-order valence-corrected chi connectivity index (χ3v) is 9.13. The van der Waals surface area contributed by atoms with Crippen LogP contribution in [0, 0.1) is 0 Å². The number of hydrogen-bond donors (Lipinski definition) is 0. The Morgan fingerprint density at radius 1 is 0.793 bits per heavy atom. The molecule has 5 aromatic rings.